The van der Waals surface area contributed by atoms with Crippen LogP contribution in [0.2, 0.25) is 5.04 Å². The van der Waals surface area contributed by atoms with Crippen molar-refractivity contribution in [3.63, 3.8) is 0 Å². The number of hydrogen-bond donors (Lipinski definition) is 1. The van der Waals surface area contributed by atoms with Crippen molar-refractivity contribution in [2.45, 2.75) is 57.4 Å². The first kappa shape index (κ1) is 20.0. The standard InChI is InChI=1S/C24H32O2Si/c1-24(2,19-21-15-13-20(14-16-21)17-18-25)27(26,22-9-5-3-6-10-22)23-11-7-4-8-12-23/h3-12,18,20-21,26H,13-17,19H2,1-2H3. The van der Waals surface area contributed by atoms with E-state index < -0.39 is 8.32 Å². The molecule has 2 nitrogen and oxygen atoms in total. The van der Waals surface area contributed by atoms with Crippen LogP contribution in [0.5, 0.6) is 0 Å². The summed E-state index contributed by atoms with van der Waals surface area (Å²) in [4.78, 5) is 23.0. The van der Waals surface area contributed by atoms with Crippen LogP contribution < -0.4 is 10.4 Å². The molecule has 2 aromatic carbocycles. The van der Waals surface area contributed by atoms with Crippen LogP contribution >= 0.6 is 0 Å². The van der Waals surface area contributed by atoms with Crippen molar-refractivity contribution >= 4 is 25.0 Å². The lowest BCUT2D eigenvalue weighted by Gasteiger charge is -2.44. The number of benzene rings is 2. The summed E-state index contributed by atoms with van der Waals surface area (Å²) in [5.41, 5.74) is 0. The summed E-state index contributed by atoms with van der Waals surface area (Å²) >= 11 is 0. The van der Waals surface area contributed by atoms with Crippen LogP contribution in [-0.4, -0.2) is 19.4 Å². The maximum absolute atomic E-state index is 12.2. The molecule has 27 heavy (non-hydrogen) atoms. The number of aldehydes is 1. The number of rotatable bonds is 7. The molecule has 1 aliphatic carbocycles. The van der Waals surface area contributed by atoms with Gasteiger partial charge in [-0.1, -0.05) is 87.4 Å². The zero-order valence-corrected chi connectivity index (χ0v) is 17.6. The highest BCUT2D eigenvalue weighted by molar-refractivity contribution is 6.98. The van der Waals surface area contributed by atoms with Crippen LogP contribution in [0.3, 0.4) is 0 Å². The van der Waals surface area contributed by atoms with Gasteiger partial charge in [0.25, 0.3) is 8.32 Å². The molecule has 3 heteroatoms. The fourth-order valence-electron chi connectivity index (χ4n) is 4.98. The van der Waals surface area contributed by atoms with E-state index in [1.54, 1.807) is 0 Å². The zero-order chi connectivity index (χ0) is 19.3. The minimum atomic E-state index is -2.90. The lowest BCUT2D eigenvalue weighted by atomic mass is 9.77. The maximum Gasteiger partial charge on any atom is 0.258 e. The predicted molar refractivity (Wildman–Crippen MR) is 115 cm³/mol. The molecule has 0 amide bonds. The van der Waals surface area contributed by atoms with Gasteiger partial charge in [0.15, 0.2) is 0 Å². The molecule has 1 fully saturated rings. The molecule has 144 valence electrons. The lowest BCUT2D eigenvalue weighted by molar-refractivity contribution is -0.108. The minimum absolute atomic E-state index is 0.169. The fraction of sp³-hybridized carbons (Fsp3) is 0.458. The molecular weight excluding hydrogens is 348 g/mol. The SMILES string of the molecule is CC(C)(CC1CCC(CC=O)CC1)[Si](O)(c1ccccc1)c1ccccc1. The van der Waals surface area contributed by atoms with Crippen LogP contribution in [0.15, 0.2) is 60.7 Å². The molecule has 0 atom stereocenters. The van der Waals surface area contributed by atoms with Gasteiger partial charge in [-0.3, -0.25) is 0 Å². The van der Waals surface area contributed by atoms with Crippen molar-refractivity contribution in [3.05, 3.63) is 60.7 Å². The summed E-state index contributed by atoms with van der Waals surface area (Å²) in [6.45, 7) is 4.52. The predicted octanol–water partition coefficient (Wildman–Crippen LogP) is 4.30. The third-order valence-corrected chi connectivity index (χ3v) is 11.1. The highest BCUT2D eigenvalue weighted by Gasteiger charge is 2.50. The quantitative estimate of drug-likeness (QED) is 0.574. The molecule has 1 aliphatic rings. The van der Waals surface area contributed by atoms with Crippen molar-refractivity contribution in [2.75, 3.05) is 0 Å². The lowest BCUT2D eigenvalue weighted by Crippen LogP contribution is -2.65. The van der Waals surface area contributed by atoms with E-state index in [4.69, 9.17) is 0 Å². The number of carbonyl (C=O) groups is 1. The van der Waals surface area contributed by atoms with Crippen LogP contribution in [-0.2, 0) is 4.79 Å². The molecule has 0 radical (unpaired) electrons. The third-order valence-electron chi connectivity index (χ3n) is 6.56. The van der Waals surface area contributed by atoms with Gasteiger partial charge in [0, 0.05) is 6.42 Å². The highest BCUT2D eigenvalue weighted by atomic mass is 28.4. The van der Waals surface area contributed by atoms with Gasteiger partial charge in [0.2, 0.25) is 0 Å². The molecule has 0 spiro atoms. The summed E-state index contributed by atoms with van der Waals surface area (Å²) in [6.07, 6.45) is 7.47. The first-order valence-corrected chi connectivity index (χ1v) is 12.2. The van der Waals surface area contributed by atoms with E-state index in [1.165, 1.54) is 12.8 Å². The average molecular weight is 381 g/mol. The maximum atomic E-state index is 12.2. The van der Waals surface area contributed by atoms with E-state index >= 15 is 0 Å². The second-order valence-electron chi connectivity index (χ2n) is 8.82. The van der Waals surface area contributed by atoms with Crippen molar-refractivity contribution in [1.82, 2.24) is 0 Å². The zero-order valence-electron chi connectivity index (χ0n) is 16.6. The molecule has 1 N–H and O–H groups in total. The largest absolute Gasteiger partial charge is 0.424 e. The molecule has 0 bridgehead atoms. The summed E-state index contributed by atoms with van der Waals surface area (Å²) in [7, 11) is -2.90. The van der Waals surface area contributed by atoms with Crippen molar-refractivity contribution < 1.29 is 9.59 Å². The fourth-order valence-corrected chi connectivity index (χ4v) is 8.81. The molecule has 1 saturated carbocycles. The Labute approximate surface area is 164 Å². The first-order chi connectivity index (χ1) is 13.0. The Hall–Kier alpha value is -1.71. The van der Waals surface area contributed by atoms with Gasteiger partial charge < -0.3 is 9.59 Å². The topological polar surface area (TPSA) is 37.3 Å². The van der Waals surface area contributed by atoms with Gasteiger partial charge in [0.05, 0.1) is 0 Å². The second-order valence-corrected chi connectivity index (χ2v) is 12.7. The third kappa shape index (κ3) is 4.25. The summed E-state index contributed by atoms with van der Waals surface area (Å²) in [5, 5.41) is 2.02. The van der Waals surface area contributed by atoms with E-state index in [0.29, 0.717) is 18.3 Å². The Kier molecular flexibility index (Phi) is 6.33. The molecule has 0 unspecified atom stereocenters. The number of hydrogen-bond acceptors (Lipinski definition) is 2. The van der Waals surface area contributed by atoms with E-state index in [9.17, 15) is 9.59 Å². The minimum Gasteiger partial charge on any atom is -0.424 e. The van der Waals surface area contributed by atoms with Crippen molar-refractivity contribution in [1.29, 1.82) is 0 Å². The molecular formula is C24H32O2Si. The Morgan fingerprint density at radius 1 is 0.889 bits per heavy atom. The van der Waals surface area contributed by atoms with E-state index in [0.717, 1.165) is 35.9 Å². The van der Waals surface area contributed by atoms with Crippen molar-refractivity contribution in [3.8, 4) is 0 Å². The molecule has 0 aromatic heterocycles. The van der Waals surface area contributed by atoms with Crippen LogP contribution in [0.4, 0.5) is 0 Å². The van der Waals surface area contributed by atoms with Gasteiger partial charge in [-0.25, -0.2) is 0 Å². The van der Waals surface area contributed by atoms with Gasteiger partial charge in [-0.15, -0.1) is 0 Å². The Balaban J connectivity index is 1.87. The van der Waals surface area contributed by atoms with Gasteiger partial charge in [0.1, 0.15) is 6.29 Å². The summed E-state index contributed by atoms with van der Waals surface area (Å²) in [6, 6.07) is 20.6. The van der Waals surface area contributed by atoms with Crippen LogP contribution in [0, 0.1) is 11.8 Å². The highest BCUT2D eigenvalue weighted by Crippen LogP contribution is 2.45. The Bertz CT molecular complexity index is 679. The molecule has 0 saturated heterocycles. The first-order valence-electron chi connectivity index (χ1n) is 10.2. The average Bonchev–Trinajstić information content (AvgIpc) is 2.70. The van der Waals surface area contributed by atoms with E-state index in [2.05, 4.69) is 38.1 Å². The summed E-state index contributed by atoms with van der Waals surface area (Å²) < 4.78 is 0. The van der Waals surface area contributed by atoms with E-state index in [-0.39, 0.29) is 5.04 Å². The molecule has 0 aliphatic heterocycles. The van der Waals surface area contributed by atoms with Crippen LogP contribution in [0.1, 0.15) is 52.4 Å². The Morgan fingerprint density at radius 3 is 1.78 bits per heavy atom. The van der Waals surface area contributed by atoms with Gasteiger partial charge in [-0.05, 0) is 46.5 Å². The molecule has 3 rings (SSSR count). The molecule has 0 heterocycles. The Morgan fingerprint density at radius 2 is 1.33 bits per heavy atom. The van der Waals surface area contributed by atoms with Gasteiger partial charge in [-0.2, -0.15) is 0 Å². The second kappa shape index (κ2) is 8.53. The van der Waals surface area contributed by atoms with Gasteiger partial charge >= 0.3 is 0 Å². The molecule has 2 aromatic rings. The number of carbonyl (C=O) groups excluding carboxylic acids is 1. The normalized spacial score (nSPS) is 21.0. The summed E-state index contributed by atoms with van der Waals surface area (Å²) in [5.74, 6) is 1.20. The monoisotopic (exact) mass is 380 g/mol. The smallest absolute Gasteiger partial charge is 0.258 e. The van der Waals surface area contributed by atoms with Crippen molar-refractivity contribution in [2.24, 2.45) is 11.8 Å². The van der Waals surface area contributed by atoms with E-state index in [1.807, 2.05) is 36.4 Å². The van der Waals surface area contributed by atoms with Crippen LogP contribution in [0.25, 0.3) is 0 Å².